The van der Waals surface area contributed by atoms with Crippen LogP contribution in [0, 0.1) is 11.8 Å². The molecule has 0 aliphatic rings. The number of ether oxygens (including phenoxy) is 3. The molecule has 356 valence electrons. The third-order valence-corrected chi connectivity index (χ3v) is 12.2. The summed E-state index contributed by atoms with van der Waals surface area (Å²) in [5.41, 5.74) is 0. The van der Waals surface area contributed by atoms with Crippen LogP contribution >= 0.6 is 0 Å². The minimum Gasteiger partial charge on any atom is -0.462 e. The number of hydrogen-bond acceptors (Lipinski definition) is 6. The first-order valence-corrected chi connectivity index (χ1v) is 26.7. The summed E-state index contributed by atoms with van der Waals surface area (Å²) in [6.45, 7) is 11.4. The molecule has 0 saturated heterocycles. The Bertz CT molecular complexity index is 916. The fourth-order valence-electron chi connectivity index (χ4n) is 8.17. The highest BCUT2D eigenvalue weighted by Gasteiger charge is 2.19. The van der Waals surface area contributed by atoms with E-state index in [1.54, 1.807) is 0 Å². The zero-order valence-electron chi connectivity index (χ0n) is 41.1. The topological polar surface area (TPSA) is 78.9 Å². The Balaban J connectivity index is 4.30. The van der Waals surface area contributed by atoms with Crippen molar-refractivity contribution in [1.29, 1.82) is 0 Å². The van der Waals surface area contributed by atoms with Crippen molar-refractivity contribution >= 4 is 17.9 Å². The van der Waals surface area contributed by atoms with Gasteiger partial charge in [0.2, 0.25) is 0 Å². The quantitative estimate of drug-likeness (QED) is 0.0345. The molecule has 0 aliphatic heterocycles. The van der Waals surface area contributed by atoms with Crippen LogP contribution < -0.4 is 0 Å². The van der Waals surface area contributed by atoms with E-state index in [0.29, 0.717) is 19.3 Å². The van der Waals surface area contributed by atoms with Crippen LogP contribution in [0.1, 0.15) is 298 Å². The molecule has 0 aromatic carbocycles. The van der Waals surface area contributed by atoms with Crippen molar-refractivity contribution in [1.82, 2.24) is 0 Å². The lowest BCUT2D eigenvalue weighted by Gasteiger charge is -2.18. The fourth-order valence-corrected chi connectivity index (χ4v) is 8.17. The Labute approximate surface area is 374 Å². The predicted octanol–water partition coefficient (Wildman–Crippen LogP) is 17.3. The van der Waals surface area contributed by atoms with E-state index in [1.165, 1.54) is 186 Å². The summed E-state index contributed by atoms with van der Waals surface area (Å²) in [4.78, 5) is 38.0. The third-order valence-electron chi connectivity index (χ3n) is 12.2. The lowest BCUT2D eigenvalue weighted by Crippen LogP contribution is -2.30. The molecule has 0 N–H and O–H groups in total. The SMILES string of the molecule is CCCCCCCCCCCCCCCCCC(=O)OC[C@@H](COC(=O)CCCCCCCCCCC(C)C)OC(=O)CCCCCCCCCCCCCCCC(C)C. The Morgan fingerprint density at radius 2 is 0.550 bits per heavy atom. The molecule has 0 amide bonds. The molecule has 0 saturated carbocycles. The van der Waals surface area contributed by atoms with Crippen LogP contribution in [0.4, 0.5) is 0 Å². The molecule has 1 atom stereocenters. The Morgan fingerprint density at radius 1 is 0.317 bits per heavy atom. The summed E-state index contributed by atoms with van der Waals surface area (Å²) < 4.78 is 16.8. The van der Waals surface area contributed by atoms with Crippen molar-refractivity contribution in [3.8, 4) is 0 Å². The average molecular weight is 849 g/mol. The minimum atomic E-state index is -0.762. The van der Waals surface area contributed by atoms with E-state index in [-0.39, 0.29) is 31.1 Å². The smallest absolute Gasteiger partial charge is 0.306 e. The van der Waals surface area contributed by atoms with Crippen LogP contribution in [0.5, 0.6) is 0 Å². The molecular weight excluding hydrogens is 745 g/mol. The highest BCUT2D eigenvalue weighted by Crippen LogP contribution is 2.17. The van der Waals surface area contributed by atoms with Gasteiger partial charge in [0.25, 0.3) is 0 Å². The second-order valence-electron chi connectivity index (χ2n) is 19.5. The summed E-state index contributed by atoms with van der Waals surface area (Å²) in [7, 11) is 0. The molecule has 6 nitrogen and oxygen atoms in total. The first-order valence-electron chi connectivity index (χ1n) is 26.7. The van der Waals surface area contributed by atoms with Gasteiger partial charge in [0, 0.05) is 19.3 Å². The summed E-state index contributed by atoms with van der Waals surface area (Å²) in [6, 6.07) is 0. The van der Waals surface area contributed by atoms with E-state index in [0.717, 1.165) is 69.6 Å². The van der Waals surface area contributed by atoms with Crippen LogP contribution in [-0.2, 0) is 28.6 Å². The largest absolute Gasteiger partial charge is 0.462 e. The normalized spacial score (nSPS) is 12.1. The van der Waals surface area contributed by atoms with Crippen molar-refractivity contribution in [3.63, 3.8) is 0 Å². The van der Waals surface area contributed by atoms with Crippen molar-refractivity contribution in [3.05, 3.63) is 0 Å². The van der Waals surface area contributed by atoms with Crippen molar-refractivity contribution in [2.24, 2.45) is 11.8 Å². The van der Waals surface area contributed by atoms with Crippen molar-refractivity contribution in [2.75, 3.05) is 13.2 Å². The van der Waals surface area contributed by atoms with Crippen molar-refractivity contribution in [2.45, 2.75) is 304 Å². The van der Waals surface area contributed by atoms with Gasteiger partial charge in [0.05, 0.1) is 0 Å². The number of carbonyl (C=O) groups excluding carboxylic acids is 3. The molecule has 0 aromatic heterocycles. The van der Waals surface area contributed by atoms with Gasteiger partial charge < -0.3 is 14.2 Å². The second-order valence-corrected chi connectivity index (χ2v) is 19.5. The molecule has 0 radical (unpaired) electrons. The van der Waals surface area contributed by atoms with Gasteiger partial charge in [0.15, 0.2) is 6.10 Å². The Hall–Kier alpha value is -1.59. The molecule has 0 heterocycles. The minimum absolute atomic E-state index is 0.0636. The maximum atomic E-state index is 12.8. The molecule has 0 unspecified atom stereocenters. The summed E-state index contributed by atoms with van der Waals surface area (Å²) in [5.74, 6) is 0.788. The van der Waals surface area contributed by atoms with Crippen LogP contribution in [-0.4, -0.2) is 37.2 Å². The monoisotopic (exact) mass is 849 g/mol. The summed E-state index contributed by atoms with van der Waals surface area (Å²) in [5, 5.41) is 0. The molecule has 0 aromatic rings. The highest BCUT2D eigenvalue weighted by atomic mass is 16.6. The zero-order valence-corrected chi connectivity index (χ0v) is 41.1. The first kappa shape index (κ1) is 58.4. The van der Waals surface area contributed by atoms with E-state index in [2.05, 4.69) is 34.6 Å². The predicted molar refractivity (Wildman–Crippen MR) is 256 cm³/mol. The lowest BCUT2D eigenvalue weighted by molar-refractivity contribution is -0.167. The van der Waals surface area contributed by atoms with Crippen LogP contribution in [0.3, 0.4) is 0 Å². The number of esters is 3. The molecule has 60 heavy (non-hydrogen) atoms. The van der Waals surface area contributed by atoms with Gasteiger partial charge in [-0.2, -0.15) is 0 Å². The first-order chi connectivity index (χ1) is 29.2. The molecular formula is C54H104O6. The molecule has 0 bridgehead atoms. The van der Waals surface area contributed by atoms with Gasteiger partial charge in [-0.25, -0.2) is 0 Å². The van der Waals surface area contributed by atoms with E-state index >= 15 is 0 Å². The second kappa shape index (κ2) is 46.9. The molecule has 6 heteroatoms. The lowest BCUT2D eigenvalue weighted by atomic mass is 10.0. The van der Waals surface area contributed by atoms with Gasteiger partial charge in [-0.3, -0.25) is 14.4 Å². The molecule has 0 rings (SSSR count). The van der Waals surface area contributed by atoms with E-state index < -0.39 is 6.10 Å². The summed E-state index contributed by atoms with van der Waals surface area (Å²) >= 11 is 0. The molecule has 0 spiro atoms. The number of unbranched alkanes of at least 4 members (excludes halogenated alkanes) is 33. The Morgan fingerprint density at radius 3 is 0.817 bits per heavy atom. The highest BCUT2D eigenvalue weighted by molar-refractivity contribution is 5.71. The number of hydrogen-bond donors (Lipinski definition) is 0. The standard InChI is InChI=1S/C54H104O6/c1-6-7-8-9-10-11-12-13-14-17-20-23-29-34-39-44-52(55)58-47-51(48-59-53(56)45-40-35-30-26-25-28-33-38-43-50(4)5)60-54(57)46-41-36-31-24-21-18-15-16-19-22-27-32-37-42-49(2)3/h49-51H,6-48H2,1-5H3/t51-/m0/s1. The summed E-state index contributed by atoms with van der Waals surface area (Å²) in [6.07, 6.45) is 48.1. The third kappa shape index (κ3) is 47.5. The molecule has 0 fully saturated rings. The van der Waals surface area contributed by atoms with Crippen LogP contribution in [0.2, 0.25) is 0 Å². The number of rotatable bonds is 48. The van der Waals surface area contributed by atoms with Crippen molar-refractivity contribution < 1.29 is 28.6 Å². The Kier molecular flexibility index (Phi) is 45.7. The van der Waals surface area contributed by atoms with E-state index in [1.807, 2.05) is 0 Å². The van der Waals surface area contributed by atoms with Gasteiger partial charge in [-0.05, 0) is 31.1 Å². The van der Waals surface area contributed by atoms with E-state index in [4.69, 9.17) is 14.2 Å². The maximum absolute atomic E-state index is 12.8. The molecule has 0 aliphatic carbocycles. The fraction of sp³-hybridized carbons (Fsp3) is 0.944. The van der Waals surface area contributed by atoms with Gasteiger partial charge in [0.1, 0.15) is 13.2 Å². The van der Waals surface area contributed by atoms with Crippen LogP contribution in [0.15, 0.2) is 0 Å². The van der Waals surface area contributed by atoms with Gasteiger partial charge in [-0.15, -0.1) is 0 Å². The maximum Gasteiger partial charge on any atom is 0.306 e. The average Bonchev–Trinajstić information content (AvgIpc) is 3.22. The zero-order chi connectivity index (χ0) is 44.0. The van der Waals surface area contributed by atoms with Crippen LogP contribution in [0.25, 0.3) is 0 Å². The number of carbonyl (C=O) groups is 3. The van der Waals surface area contributed by atoms with Gasteiger partial charge >= 0.3 is 17.9 Å². The van der Waals surface area contributed by atoms with E-state index in [9.17, 15) is 14.4 Å². The van der Waals surface area contributed by atoms with Gasteiger partial charge in [-0.1, -0.05) is 259 Å².